The van der Waals surface area contributed by atoms with E-state index in [0.29, 0.717) is 6.04 Å². The van der Waals surface area contributed by atoms with Crippen molar-refractivity contribution in [2.24, 2.45) is 0 Å². The maximum absolute atomic E-state index is 11.6. The van der Waals surface area contributed by atoms with Crippen LogP contribution in [-0.2, 0) is 4.79 Å². The van der Waals surface area contributed by atoms with Gasteiger partial charge in [0.25, 0.3) is 0 Å². The largest absolute Gasteiger partial charge is 0.337 e. The van der Waals surface area contributed by atoms with Crippen molar-refractivity contribution in [3.63, 3.8) is 0 Å². The van der Waals surface area contributed by atoms with Gasteiger partial charge in [0, 0.05) is 45.3 Å². The van der Waals surface area contributed by atoms with Crippen LogP contribution >= 0.6 is 11.6 Å². The van der Waals surface area contributed by atoms with Crippen molar-refractivity contribution < 1.29 is 4.79 Å². The van der Waals surface area contributed by atoms with Gasteiger partial charge in [0.1, 0.15) is 5.88 Å². The molecule has 2 saturated heterocycles. The van der Waals surface area contributed by atoms with Crippen LogP contribution in [0.25, 0.3) is 0 Å². The van der Waals surface area contributed by atoms with E-state index >= 15 is 0 Å². The topological polar surface area (TPSA) is 35.6 Å². The summed E-state index contributed by atoms with van der Waals surface area (Å²) in [6.45, 7) is 6.23. The van der Waals surface area contributed by atoms with Crippen molar-refractivity contribution in [2.75, 3.05) is 45.1 Å². The van der Waals surface area contributed by atoms with Crippen LogP contribution in [0.2, 0.25) is 0 Å². The molecule has 4 nitrogen and oxygen atoms in total. The van der Waals surface area contributed by atoms with Crippen molar-refractivity contribution in [3.8, 4) is 0 Å². The van der Waals surface area contributed by atoms with Crippen LogP contribution in [0.4, 0.5) is 0 Å². The number of hydrogen-bond acceptors (Lipinski definition) is 3. The van der Waals surface area contributed by atoms with Crippen LogP contribution in [0.5, 0.6) is 0 Å². The van der Waals surface area contributed by atoms with Crippen LogP contribution in [0.15, 0.2) is 0 Å². The van der Waals surface area contributed by atoms with Gasteiger partial charge >= 0.3 is 0 Å². The number of amides is 1. The van der Waals surface area contributed by atoms with Crippen molar-refractivity contribution in [2.45, 2.75) is 18.9 Å². The second-order valence-electron chi connectivity index (χ2n) is 4.57. The average molecular weight is 246 g/mol. The molecule has 2 aliphatic rings. The van der Waals surface area contributed by atoms with Crippen LogP contribution in [0, 0.1) is 0 Å². The highest BCUT2D eigenvalue weighted by Crippen LogP contribution is 2.18. The third-order valence-electron chi connectivity index (χ3n) is 3.49. The number of carbonyl (C=O) groups is 1. The Labute approximate surface area is 102 Å². The highest BCUT2D eigenvalue weighted by molar-refractivity contribution is 6.27. The van der Waals surface area contributed by atoms with Gasteiger partial charge in [0.15, 0.2) is 0 Å². The van der Waals surface area contributed by atoms with Gasteiger partial charge in [0.2, 0.25) is 5.91 Å². The minimum absolute atomic E-state index is 0.0966. The van der Waals surface area contributed by atoms with Crippen molar-refractivity contribution in [3.05, 3.63) is 0 Å². The molecule has 0 spiro atoms. The van der Waals surface area contributed by atoms with E-state index in [1.807, 2.05) is 4.90 Å². The number of rotatable bonds is 3. The van der Waals surface area contributed by atoms with Gasteiger partial charge in [-0.3, -0.25) is 9.69 Å². The summed E-state index contributed by atoms with van der Waals surface area (Å²) in [4.78, 5) is 16.0. The van der Waals surface area contributed by atoms with E-state index in [9.17, 15) is 4.79 Å². The molecule has 5 heteroatoms. The fraction of sp³-hybridized carbons (Fsp3) is 0.909. The van der Waals surface area contributed by atoms with Gasteiger partial charge < -0.3 is 10.2 Å². The lowest BCUT2D eigenvalue weighted by Gasteiger charge is -2.33. The van der Waals surface area contributed by atoms with E-state index in [1.165, 1.54) is 0 Å². The molecule has 0 saturated carbocycles. The summed E-state index contributed by atoms with van der Waals surface area (Å²) in [5.74, 6) is 0.220. The van der Waals surface area contributed by atoms with E-state index in [2.05, 4.69) is 10.2 Å². The number of piperazine rings is 1. The second kappa shape index (κ2) is 5.84. The fourth-order valence-electron chi connectivity index (χ4n) is 2.62. The molecule has 2 aliphatic heterocycles. The Balaban J connectivity index is 1.85. The molecule has 1 amide bonds. The van der Waals surface area contributed by atoms with E-state index in [0.717, 1.165) is 52.1 Å². The number of halogens is 1. The predicted octanol–water partition coefficient (Wildman–Crippen LogP) is 0.121. The minimum Gasteiger partial charge on any atom is -0.337 e. The summed E-state index contributed by atoms with van der Waals surface area (Å²) in [6.07, 6.45) is 2.26. The number of nitrogens with one attached hydrogen (secondary N) is 1. The average Bonchev–Trinajstić information content (AvgIpc) is 2.77. The summed E-state index contributed by atoms with van der Waals surface area (Å²) >= 11 is 5.63. The molecule has 0 aromatic carbocycles. The number of likely N-dealkylation sites (tertiary alicyclic amines) is 1. The highest BCUT2D eigenvalue weighted by Gasteiger charge is 2.29. The first-order valence-corrected chi connectivity index (χ1v) is 6.63. The maximum atomic E-state index is 11.6. The van der Waals surface area contributed by atoms with Crippen LogP contribution in [0.1, 0.15) is 12.8 Å². The van der Waals surface area contributed by atoms with Gasteiger partial charge in [0.05, 0.1) is 0 Å². The highest BCUT2D eigenvalue weighted by atomic mass is 35.5. The van der Waals surface area contributed by atoms with Gasteiger partial charge in [-0.15, -0.1) is 11.6 Å². The van der Waals surface area contributed by atoms with Crippen molar-refractivity contribution >= 4 is 17.5 Å². The molecule has 1 atom stereocenters. The summed E-state index contributed by atoms with van der Waals surface area (Å²) in [6, 6.07) is 0.393. The Morgan fingerprint density at radius 2 is 2.06 bits per heavy atom. The zero-order valence-electron chi connectivity index (χ0n) is 9.62. The molecule has 16 heavy (non-hydrogen) atoms. The second-order valence-corrected chi connectivity index (χ2v) is 4.83. The Morgan fingerprint density at radius 3 is 2.75 bits per heavy atom. The zero-order chi connectivity index (χ0) is 11.4. The molecule has 0 aliphatic carbocycles. The first kappa shape index (κ1) is 12.1. The van der Waals surface area contributed by atoms with Crippen molar-refractivity contribution in [1.82, 2.24) is 15.1 Å². The number of alkyl halides is 1. The smallest absolute Gasteiger partial charge is 0.237 e. The lowest BCUT2D eigenvalue weighted by Crippen LogP contribution is -2.49. The molecule has 2 rings (SSSR count). The molecular formula is C11H20ClN3O. The lowest BCUT2D eigenvalue weighted by atomic mass is 10.2. The molecule has 92 valence electrons. The fourth-order valence-corrected chi connectivity index (χ4v) is 2.78. The third kappa shape index (κ3) is 2.87. The minimum atomic E-state index is 0.0966. The van der Waals surface area contributed by atoms with Crippen LogP contribution in [0.3, 0.4) is 0 Å². The maximum Gasteiger partial charge on any atom is 0.237 e. The molecular weight excluding hydrogens is 226 g/mol. The van der Waals surface area contributed by atoms with Gasteiger partial charge in [-0.1, -0.05) is 0 Å². The lowest BCUT2D eigenvalue weighted by molar-refractivity contribution is -0.129. The van der Waals surface area contributed by atoms with Crippen LogP contribution < -0.4 is 5.32 Å². The normalized spacial score (nSPS) is 27.3. The number of carbonyl (C=O) groups excluding carboxylic acids is 1. The van der Waals surface area contributed by atoms with E-state index < -0.39 is 0 Å². The SMILES string of the molecule is O=C(CCl)N1CCCC1CN1CCNCC1. The Hall–Kier alpha value is -0.320. The summed E-state index contributed by atoms with van der Waals surface area (Å²) in [7, 11) is 0. The Kier molecular flexibility index (Phi) is 4.44. The van der Waals surface area contributed by atoms with E-state index in [4.69, 9.17) is 11.6 Å². The van der Waals surface area contributed by atoms with E-state index in [1.54, 1.807) is 0 Å². The Morgan fingerprint density at radius 1 is 1.31 bits per heavy atom. The summed E-state index contributed by atoms with van der Waals surface area (Å²) < 4.78 is 0. The van der Waals surface area contributed by atoms with Gasteiger partial charge in [-0.2, -0.15) is 0 Å². The monoisotopic (exact) mass is 245 g/mol. The molecule has 2 heterocycles. The van der Waals surface area contributed by atoms with E-state index in [-0.39, 0.29) is 11.8 Å². The first-order valence-electron chi connectivity index (χ1n) is 6.10. The molecule has 0 aromatic rings. The zero-order valence-corrected chi connectivity index (χ0v) is 10.4. The summed E-state index contributed by atoms with van der Waals surface area (Å²) in [5.41, 5.74) is 0. The molecule has 1 N–H and O–H groups in total. The first-order chi connectivity index (χ1) is 7.81. The molecule has 2 fully saturated rings. The standard InChI is InChI=1S/C11H20ClN3O/c12-8-11(16)15-5-1-2-10(15)9-14-6-3-13-4-7-14/h10,13H,1-9H2. The molecule has 0 aromatic heterocycles. The Bertz CT molecular complexity index is 243. The number of nitrogens with zero attached hydrogens (tertiary/aromatic N) is 2. The molecule has 0 radical (unpaired) electrons. The predicted molar refractivity (Wildman–Crippen MR) is 64.8 cm³/mol. The number of hydrogen-bond donors (Lipinski definition) is 1. The van der Waals surface area contributed by atoms with Crippen molar-refractivity contribution in [1.29, 1.82) is 0 Å². The quantitative estimate of drug-likeness (QED) is 0.718. The van der Waals surface area contributed by atoms with Crippen LogP contribution in [-0.4, -0.2) is 66.9 Å². The third-order valence-corrected chi connectivity index (χ3v) is 3.72. The van der Waals surface area contributed by atoms with Gasteiger partial charge in [-0.05, 0) is 12.8 Å². The van der Waals surface area contributed by atoms with Gasteiger partial charge in [-0.25, -0.2) is 0 Å². The summed E-state index contributed by atoms with van der Waals surface area (Å²) in [5, 5.41) is 3.34. The molecule has 0 bridgehead atoms. The molecule has 1 unspecified atom stereocenters.